The Labute approximate surface area is 113 Å². The second-order valence-corrected chi connectivity index (χ2v) is 4.89. The number of rotatable bonds is 5. The van der Waals surface area contributed by atoms with Gasteiger partial charge in [-0.25, -0.2) is 4.98 Å². The van der Waals surface area contributed by atoms with Crippen molar-refractivity contribution in [3.63, 3.8) is 0 Å². The summed E-state index contributed by atoms with van der Waals surface area (Å²) in [6, 6.07) is 8.45. The molecule has 0 aliphatic carbocycles. The van der Waals surface area contributed by atoms with Gasteiger partial charge in [-0.2, -0.15) is 0 Å². The standard InChI is InChI=1S/C15H19N3O/c1-2-5-15-13(4-1)10-14(11-17-15)19-9-3-7-18-8-6-16-12-18/h1-2,4-6,8,12,14,17H,3,7,9-11H2. The van der Waals surface area contributed by atoms with Crippen molar-refractivity contribution in [1.82, 2.24) is 9.55 Å². The van der Waals surface area contributed by atoms with Crippen LogP contribution < -0.4 is 5.32 Å². The topological polar surface area (TPSA) is 39.1 Å². The maximum atomic E-state index is 5.94. The quantitative estimate of drug-likeness (QED) is 0.836. The molecule has 0 bridgehead atoms. The molecule has 1 N–H and O–H groups in total. The maximum Gasteiger partial charge on any atom is 0.0945 e. The number of anilines is 1. The molecule has 19 heavy (non-hydrogen) atoms. The van der Waals surface area contributed by atoms with Gasteiger partial charge in [0.1, 0.15) is 0 Å². The predicted molar refractivity (Wildman–Crippen MR) is 75.2 cm³/mol. The summed E-state index contributed by atoms with van der Waals surface area (Å²) in [5, 5.41) is 3.43. The highest BCUT2D eigenvalue weighted by Crippen LogP contribution is 2.22. The lowest BCUT2D eigenvalue weighted by Crippen LogP contribution is -2.30. The minimum absolute atomic E-state index is 0.290. The van der Waals surface area contributed by atoms with E-state index < -0.39 is 0 Å². The molecule has 3 rings (SSSR count). The smallest absolute Gasteiger partial charge is 0.0945 e. The Balaban J connectivity index is 1.42. The fourth-order valence-corrected chi connectivity index (χ4v) is 2.45. The van der Waals surface area contributed by atoms with Gasteiger partial charge in [-0.1, -0.05) is 18.2 Å². The highest BCUT2D eigenvalue weighted by atomic mass is 16.5. The molecule has 2 aromatic rings. The summed E-state index contributed by atoms with van der Waals surface area (Å²) in [4.78, 5) is 4.03. The van der Waals surface area contributed by atoms with E-state index in [1.165, 1.54) is 11.3 Å². The SMILES string of the molecule is c1ccc2c(c1)CC(OCCCn1ccnc1)CN2. The van der Waals surface area contributed by atoms with Crippen LogP contribution in [0.1, 0.15) is 12.0 Å². The van der Waals surface area contributed by atoms with E-state index in [4.69, 9.17) is 4.74 Å². The summed E-state index contributed by atoms with van der Waals surface area (Å²) in [5.41, 5.74) is 2.61. The highest BCUT2D eigenvalue weighted by Gasteiger charge is 2.17. The lowest BCUT2D eigenvalue weighted by molar-refractivity contribution is 0.0568. The molecule has 1 aliphatic rings. The lowest BCUT2D eigenvalue weighted by atomic mass is 10.0. The number of nitrogens with zero attached hydrogens (tertiary/aromatic N) is 2. The Kier molecular flexibility index (Phi) is 3.79. The van der Waals surface area contributed by atoms with Crippen LogP contribution in [-0.2, 0) is 17.7 Å². The molecular weight excluding hydrogens is 238 g/mol. The third kappa shape index (κ3) is 3.15. The first-order chi connectivity index (χ1) is 9.42. The van der Waals surface area contributed by atoms with Crippen LogP contribution in [0.25, 0.3) is 0 Å². The van der Waals surface area contributed by atoms with Crippen LogP contribution in [0.5, 0.6) is 0 Å². The summed E-state index contributed by atoms with van der Waals surface area (Å²) >= 11 is 0. The zero-order chi connectivity index (χ0) is 12.9. The Hall–Kier alpha value is -1.81. The molecule has 0 radical (unpaired) electrons. The predicted octanol–water partition coefficient (Wildman–Crippen LogP) is 2.33. The van der Waals surface area contributed by atoms with E-state index in [0.717, 1.165) is 32.5 Å². The summed E-state index contributed by atoms with van der Waals surface area (Å²) < 4.78 is 8.02. The summed E-state index contributed by atoms with van der Waals surface area (Å²) in [6.07, 6.45) is 7.96. The number of hydrogen-bond donors (Lipinski definition) is 1. The van der Waals surface area contributed by atoms with Crippen molar-refractivity contribution in [2.24, 2.45) is 0 Å². The van der Waals surface area contributed by atoms with Gasteiger partial charge in [-0.15, -0.1) is 0 Å². The molecule has 1 unspecified atom stereocenters. The third-order valence-electron chi connectivity index (χ3n) is 3.46. The van der Waals surface area contributed by atoms with Crippen LogP contribution in [0.15, 0.2) is 43.0 Å². The van der Waals surface area contributed by atoms with Crippen molar-refractivity contribution in [3.05, 3.63) is 48.5 Å². The van der Waals surface area contributed by atoms with Crippen LogP contribution in [0.2, 0.25) is 0 Å². The third-order valence-corrected chi connectivity index (χ3v) is 3.46. The Morgan fingerprint density at radius 3 is 3.21 bits per heavy atom. The van der Waals surface area contributed by atoms with Crippen molar-refractivity contribution < 1.29 is 4.74 Å². The van der Waals surface area contributed by atoms with Crippen molar-refractivity contribution in [2.45, 2.75) is 25.5 Å². The highest BCUT2D eigenvalue weighted by molar-refractivity contribution is 5.53. The van der Waals surface area contributed by atoms with E-state index in [-0.39, 0.29) is 6.10 Å². The van der Waals surface area contributed by atoms with E-state index in [9.17, 15) is 0 Å². The average molecular weight is 257 g/mol. The van der Waals surface area contributed by atoms with Gasteiger partial charge in [-0.05, 0) is 18.1 Å². The van der Waals surface area contributed by atoms with Gasteiger partial charge in [0, 0.05) is 44.2 Å². The molecule has 100 valence electrons. The second kappa shape index (κ2) is 5.89. The van der Waals surface area contributed by atoms with Crippen molar-refractivity contribution in [2.75, 3.05) is 18.5 Å². The number of hydrogen-bond acceptors (Lipinski definition) is 3. The maximum absolute atomic E-state index is 5.94. The Morgan fingerprint density at radius 2 is 2.32 bits per heavy atom. The molecule has 1 aromatic heterocycles. The van der Waals surface area contributed by atoms with Gasteiger partial charge in [-0.3, -0.25) is 0 Å². The first kappa shape index (κ1) is 12.2. The van der Waals surface area contributed by atoms with E-state index in [2.05, 4.69) is 39.1 Å². The van der Waals surface area contributed by atoms with Crippen molar-refractivity contribution in [3.8, 4) is 0 Å². The van der Waals surface area contributed by atoms with Crippen molar-refractivity contribution in [1.29, 1.82) is 0 Å². The fraction of sp³-hybridized carbons (Fsp3) is 0.400. The van der Waals surface area contributed by atoms with Crippen molar-refractivity contribution >= 4 is 5.69 Å². The van der Waals surface area contributed by atoms with Crippen LogP contribution in [0, 0.1) is 0 Å². The molecule has 0 saturated carbocycles. The largest absolute Gasteiger partial charge is 0.382 e. The number of benzene rings is 1. The molecule has 0 amide bonds. The fourth-order valence-electron chi connectivity index (χ4n) is 2.45. The first-order valence-electron chi connectivity index (χ1n) is 6.81. The Bertz CT molecular complexity index is 510. The van der Waals surface area contributed by atoms with Gasteiger partial charge in [0.2, 0.25) is 0 Å². The van der Waals surface area contributed by atoms with Crippen LogP contribution in [0.4, 0.5) is 5.69 Å². The molecular formula is C15H19N3O. The monoisotopic (exact) mass is 257 g/mol. The zero-order valence-electron chi connectivity index (χ0n) is 11.0. The molecule has 0 spiro atoms. The van der Waals surface area contributed by atoms with Gasteiger partial charge in [0.15, 0.2) is 0 Å². The summed E-state index contributed by atoms with van der Waals surface area (Å²) in [7, 11) is 0. The molecule has 4 heteroatoms. The second-order valence-electron chi connectivity index (χ2n) is 4.89. The number of fused-ring (bicyclic) bond motifs is 1. The molecule has 0 saturated heterocycles. The van der Waals surface area contributed by atoms with E-state index >= 15 is 0 Å². The number of imidazole rings is 1. The van der Waals surface area contributed by atoms with E-state index in [1.807, 2.05) is 18.7 Å². The van der Waals surface area contributed by atoms with Crippen LogP contribution >= 0.6 is 0 Å². The van der Waals surface area contributed by atoms with E-state index in [0.29, 0.717) is 0 Å². The minimum Gasteiger partial charge on any atom is -0.382 e. The molecule has 1 aliphatic heterocycles. The minimum atomic E-state index is 0.290. The number of aromatic nitrogens is 2. The molecule has 1 atom stereocenters. The molecule has 1 aromatic carbocycles. The number of nitrogens with one attached hydrogen (secondary N) is 1. The normalized spacial score (nSPS) is 17.8. The molecule has 4 nitrogen and oxygen atoms in total. The van der Waals surface area contributed by atoms with Gasteiger partial charge in [0.05, 0.1) is 12.4 Å². The Morgan fingerprint density at radius 1 is 1.37 bits per heavy atom. The van der Waals surface area contributed by atoms with Gasteiger partial charge in [0.25, 0.3) is 0 Å². The number of aryl methyl sites for hydroxylation is 1. The number of ether oxygens (including phenoxy) is 1. The summed E-state index contributed by atoms with van der Waals surface area (Å²) in [6.45, 7) is 2.67. The summed E-state index contributed by atoms with van der Waals surface area (Å²) in [5.74, 6) is 0. The molecule has 2 heterocycles. The molecule has 0 fully saturated rings. The number of para-hydroxylation sites is 1. The van der Waals surface area contributed by atoms with E-state index in [1.54, 1.807) is 0 Å². The lowest BCUT2D eigenvalue weighted by Gasteiger charge is -2.26. The van der Waals surface area contributed by atoms with Gasteiger partial charge < -0.3 is 14.6 Å². The van der Waals surface area contributed by atoms with Crippen LogP contribution in [0.3, 0.4) is 0 Å². The average Bonchev–Trinajstić information content (AvgIpc) is 2.97. The zero-order valence-corrected chi connectivity index (χ0v) is 11.0. The van der Waals surface area contributed by atoms with Gasteiger partial charge >= 0.3 is 0 Å². The van der Waals surface area contributed by atoms with Crippen LogP contribution in [-0.4, -0.2) is 28.8 Å². The first-order valence-corrected chi connectivity index (χ1v) is 6.81.